The Bertz CT molecular complexity index is 549. The Morgan fingerprint density at radius 1 is 1.41 bits per heavy atom. The molecule has 0 amide bonds. The van der Waals surface area contributed by atoms with Gasteiger partial charge in [-0.25, -0.2) is 4.98 Å². The van der Waals surface area contributed by atoms with Crippen LogP contribution in [0.1, 0.15) is 24.6 Å². The number of thioether (sulfide) groups is 1. The van der Waals surface area contributed by atoms with Gasteiger partial charge in [0.1, 0.15) is 17.1 Å². The van der Waals surface area contributed by atoms with Crippen molar-refractivity contribution in [2.24, 2.45) is 0 Å². The summed E-state index contributed by atoms with van der Waals surface area (Å²) >= 11 is 8.09. The Kier molecular flexibility index (Phi) is 2.92. The largest absolute Gasteiger partial charge is 0.506 e. The van der Waals surface area contributed by atoms with Crippen molar-refractivity contribution in [3.05, 3.63) is 29.3 Å². The average Bonchev–Trinajstić information content (AvgIpc) is 2.69. The maximum Gasteiger partial charge on any atom is 0.158 e. The zero-order valence-electron chi connectivity index (χ0n) is 9.27. The van der Waals surface area contributed by atoms with E-state index >= 15 is 0 Å². The number of rotatable bonds is 1. The molecule has 0 spiro atoms. The molecule has 90 valence electrons. The second kappa shape index (κ2) is 4.42. The molecule has 2 aromatic heterocycles. The third kappa shape index (κ3) is 1.89. The Balaban J connectivity index is 2.13. The van der Waals surface area contributed by atoms with Crippen molar-refractivity contribution in [2.45, 2.75) is 18.8 Å². The van der Waals surface area contributed by atoms with Gasteiger partial charge in [0.15, 0.2) is 5.15 Å². The van der Waals surface area contributed by atoms with Gasteiger partial charge in [-0.3, -0.25) is 4.40 Å². The molecule has 0 atom stereocenters. The highest BCUT2D eigenvalue weighted by Gasteiger charge is 2.22. The van der Waals surface area contributed by atoms with E-state index in [0.717, 1.165) is 18.7 Å². The first kappa shape index (κ1) is 11.2. The summed E-state index contributed by atoms with van der Waals surface area (Å²) in [5.41, 5.74) is 0.627. The number of aromatic nitrogens is 2. The Hall–Kier alpha value is -0.870. The second-order valence-corrected chi connectivity index (χ2v) is 5.84. The van der Waals surface area contributed by atoms with E-state index in [0.29, 0.717) is 16.6 Å². The van der Waals surface area contributed by atoms with E-state index in [2.05, 4.69) is 4.98 Å². The van der Waals surface area contributed by atoms with E-state index in [1.165, 1.54) is 11.5 Å². The molecule has 2 aromatic rings. The number of halogens is 1. The zero-order chi connectivity index (χ0) is 11.8. The van der Waals surface area contributed by atoms with Gasteiger partial charge < -0.3 is 5.11 Å². The minimum absolute atomic E-state index is 0.196. The summed E-state index contributed by atoms with van der Waals surface area (Å²) in [5.74, 6) is 3.99. The van der Waals surface area contributed by atoms with Gasteiger partial charge in [0.25, 0.3) is 0 Å². The SMILES string of the molecule is Oc1cccn2c(C3CCSCC3)nc(Cl)c12. The second-order valence-electron chi connectivity index (χ2n) is 4.26. The molecule has 0 aromatic carbocycles. The molecule has 3 rings (SSSR count). The lowest BCUT2D eigenvalue weighted by atomic mass is 10.0. The number of imidazole rings is 1. The highest BCUT2D eigenvalue weighted by Crippen LogP contribution is 2.35. The van der Waals surface area contributed by atoms with Gasteiger partial charge in [-0.1, -0.05) is 11.6 Å². The number of pyridine rings is 1. The van der Waals surface area contributed by atoms with Crippen LogP contribution in [0.5, 0.6) is 5.75 Å². The molecular formula is C12H13ClN2OS. The molecule has 1 saturated heterocycles. The van der Waals surface area contributed by atoms with Crippen LogP contribution in [0.15, 0.2) is 18.3 Å². The van der Waals surface area contributed by atoms with E-state index < -0.39 is 0 Å². The lowest BCUT2D eigenvalue weighted by Crippen LogP contribution is -2.11. The van der Waals surface area contributed by atoms with Gasteiger partial charge in [-0.15, -0.1) is 0 Å². The van der Waals surface area contributed by atoms with Crippen LogP contribution >= 0.6 is 23.4 Å². The first-order valence-electron chi connectivity index (χ1n) is 5.70. The minimum atomic E-state index is 0.196. The lowest BCUT2D eigenvalue weighted by Gasteiger charge is -2.20. The lowest BCUT2D eigenvalue weighted by molar-refractivity contribution is 0.478. The van der Waals surface area contributed by atoms with Gasteiger partial charge in [0.2, 0.25) is 0 Å². The van der Waals surface area contributed by atoms with Crippen molar-refractivity contribution in [3.8, 4) is 5.75 Å². The predicted octanol–water partition coefficient (Wildman–Crippen LogP) is 3.30. The van der Waals surface area contributed by atoms with Crippen LogP contribution in [0.4, 0.5) is 0 Å². The van der Waals surface area contributed by atoms with Crippen LogP contribution in [0.3, 0.4) is 0 Å². The minimum Gasteiger partial charge on any atom is -0.506 e. The molecule has 0 radical (unpaired) electrons. The highest BCUT2D eigenvalue weighted by molar-refractivity contribution is 7.99. The number of fused-ring (bicyclic) bond motifs is 1. The van der Waals surface area contributed by atoms with E-state index in [1.807, 2.05) is 28.4 Å². The summed E-state index contributed by atoms with van der Waals surface area (Å²) in [4.78, 5) is 4.43. The van der Waals surface area contributed by atoms with Gasteiger partial charge in [0.05, 0.1) is 0 Å². The molecule has 17 heavy (non-hydrogen) atoms. The summed E-state index contributed by atoms with van der Waals surface area (Å²) in [6, 6.07) is 3.46. The zero-order valence-corrected chi connectivity index (χ0v) is 10.8. The van der Waals surface area contributed by atoms with E-state index in [-0.39, 0.29) is 5.75 Å². The van der Waals surface area contributed by atoms with Crippen molar-refractivity contribution in [1.82, 2.24) is 9.38 Å². The highest BCUT2D eigenvalue weighted by atomic mass is 35.5. The fourth-order valence-corrected chi connectivity index (χ4v) is 3.73. The first-order chi connectivity index (χ1) is 8.27. The molecule has 1 fully saturated rings. The summed E-state index contributed by atoms with van der Waals surface area (Å²) in [5, 5.41) is 10.2. The quantitative estimate of drug-likeness (QED) is 0.862. The van der Waals surface area contributed by atoms with Crippen LogP contribution in [0.2, 0.25) is 5.15 Å². The van der Waals surface area contributed by atoms with Gasteiger partial charge in [0, 0.05) is 12.1 Å². The molecule has 0 bridgehead atoms. The molecule has 0 unspecified atom stereocenters. The summed E-state index contributed by atoms with van der Waals surface area (Å²) in [7, 11) is 0. The van der Waals surface area contributed by atoms with Crippen LogP contribution in [0, 0.1) is 0 Å². The maximum atomic E-state index is 9.81. The molecule has 0 saturated carbocycles. The smallest absolute Gasteiger partial charge is 0.158 e. The summed E-state index contributed by atoms with van der Waals surface area (Å²) in [6.07, 6.45) is 4.19. The Morgan fingerprint density at radius 3 is 2.94 bits per heavy atom. The molecule has 1 aliphatic rings. The van der Waals surface area contributed by atoms with E-state index in [9.17, 15) is 5.11 Å². The van der Waals surface area contributed by atoms with Crippen LogP contribution in [0.25, 0.3) is 5.52 Å². The molecule has 0 aliphatic carbocycles. The van der Waals surface area contributed by atoms with Gasteiger partial charge in [-0.05, 0) is 36.5 Å². The normalized spacial score (nSPS) is 17.7. The third-order valence-electron chi connectivity index (χ3n) is 3.21. The number of hydrogen-bond donors (Lipinski definition) is 1. The summed E-state index contributed by atoms with van der Waals surface area (Å²) in [6.45, 7) is 0. The van der Waals surface area contributed by atoms with Crippen LogP contribution in [-0.2, 0) is 0 Å². The van der Waals surface area contributed by atoms with Crippen LogP contribution in [-0.4, -0.2) is 26.0 Å². The van der Waals surface area contributed by atoms with Crippen molar-refractivity contribution < 1.29 is 5.11 Å². The summed E-state index contributed by atoms with van der Waals surface area (Å²) < 4.78 is 1.93. The molecule has 3 nitrogen and oxygen atoms in total. The monoisotopic (exact) mass is 268 g/mol. The number of hydrogen-bond acceptors (Lipinski definition) is 3. The maximum absolute atomic E-state index is 9.81. The fourth-order valence-electron chi connectivity index (χ4n) is 2.34. The third-order valence-corrected chi connectivity index (χ3v) is 4.53. The van der Waals surface area contributed by atoms with Crippen molar-refractivity contribution in [3.63, 3.8) is 0 Å². The Labute approximate surface area is 109 Å². The number of nitrogens with zero attached hydrogens (tertiary/aromatic N) is 2. The molecule has 3 heterocycles. The topological polar surface area (TPSA) is 37.5 Å². The average molecular weight is 269 g/mol. The first-order valence-corrected chi connectivity index (χ1v) is 7.24. The molecule has 1 N–H and O–H groups in total. The Morgan fingerprint density at radius 2 is 2.18 bits per heavy atom. The predicted molar refractivity (Wildman–Crippen MR) is 71.2 cm³/mol. The van der Waals surface area contributed by atoms with Crippen molar-refractivity contribution in [2.75, 3.05) is 11.5 Å². The van der Waals surface area contributed by atoms with Gasteiger partial charge >= 0.3 is 0 Å². The van der Waals surface area contributed by atoms with Gasteiger partial charge in [-0.2, -0.15) is 11.8 Å². The number of aromatic hydroxyl groups is 1. The van der Waals surface area contributed by atoms with Crippen molar-refractivity contribution >= 4 is 28.9 Å². The van der Waals surface area contributed by atoms with E-state index in [4.69, 9.17) is 11.6 Å². The van der Waals surface area contributed by atoms with Crippen molar-refractivity contribution in [1.29, 1.82) is 0 Å². The molecular weight excluding hydrogens is 256 g/mol. The van der Waals surface area contributed by atoms with Crippen LogP contribution < -0.4 is 0 Å². The molecule has 1 aliphatic heterocycles. The fraction of sp³-hybridized carbons (Fsp3) is 0.417. The van der Waals surface area contributed by atoms with E-state index in [1.54, 1.807) is 6.07 Å². The molecule has 5 heteroatoms. The standard InChI is InChI=1S/C12H13ClN2OS/c13-11-10-9(16)2-1-5-15(10)12(14-11)8-3-6-17-7-4-8/h1-2,5,8,16H,3-4,6-7H2.